The zero-order chi connectivity index (χ0) is 13.0. The summed E-state index contributed by atoms with van der Waals surface area (Å²) in [4.78, 5) is 0.998. The molecule has 0 spiro atoms. The third-order valence-electron chi connectivity index (χ3n) is 2.56. The highest BCUT2D eigenvalue weighted by Gasteiger charge is 2.14. The van der Waals surface area contributed by atoms with E-state index in [0.717, 1.165) is 22.8 Å². The smallest absolute Gasteiger partial charge is 0.162 e. The van der Waals surface area contributed by atoms with Crippen molar-refractivity contribution in [1.82, 2.24) is 0 Å². The Bertz CT molecular complexity index is 451. The molecule has 6 heteroatoms. The first-order valence-corrected chi connectivity index (χ1v) is 6.62. The molecule has 98 valence electrons. The molecule has 0 saturated carbocycles. The molecular formula is C12H16N2O3S. The minimum atomic E-state index is -0.0975. The predicted octanol–water partition coefficient (Wildman–Crippen LogP) is 2.07. The van der Waals surface area contributed by atoms with E-state index >= 15 is 0 Å². The van der Waals surface area contributed by atoms with Gasteiger partial charge in [0.05, 0.1) is 18.5 Å². The Morgan fingerprint density at radius 1 is 1.39 bits per heavy atom. The molecule has 0 aliphatic carbocycles. The fourth-order valence-electron chi connectivity index (χ4n) is 1.56. The summed E-state index contributed by atoms with van der Waals surface area (Å²) in [6.45, 7) is 3.22. The molecular weight excluding hydrogens is 252 g/mol. The minimum absolute atomic E-state index is 0.0975. The van der Waals surface area contributed by atoms with E-state index in [1.807, 2.05) is 25.1 Å². The number of nitrogens with zero attached hydrogens (tertiary/aromatic N) is 1. The number of rotatable bonds is 3. The second-order valence-corrected chi connectivity index (χ2v) is 5.36. The molecule has 5 nitrogen and oxygen atoms in total. The average Bonchev–Trinajstić information content (AvgIpc) is 2.62. The maximum absolute atomic E-state index is 8.62. The Kier molecular flexibility index (Phi) is 4.19. The Morgan fingerprint density at radius 2 is 2.11 bits per heavy atom. The molecule has 0 bridgehead atoms. The third kappa shape index (κ3) is 3.01. The monoisotopic (exact) mass is 268 g/mol. The maximum Gasteiger partial charge on any atom is 0.162 e. The minimum Gasteiger partial charge on any atom is -0.490 e. The summed E-state index contributed by atoms with van der Waals surface area (Å²) < 4.78 is 11.2. The van der Waals surface area contributed by atoms with Crippen LogP contribution < -0.4 is 15.2 Å². The fraction of sp³-hybridized carbons (Fsp3) is 0.417. The van der Waals surface area contributed by atoms with Gasteiger partial charge >= 0.3 is 0 Å². The number of benzene rings is 1. The lowest BCUT2D eigenvalue weighted by Crippen LogP contribution is -2.23. The van der Waals surface area contributed by atoms with E-state index in [0.29, 0.717) is 13.2 Å². The first-order valence-electron chi connectivity index (χ1n) is 5.74. The number of amidine groups is 1. The molecule has 3 N–H and O–H groups in total. The second-order valence-electron chi connectivity index (χ2n) is 3.94. The first kappa shape index (κ1) is 12.9. The van der Waals surface area contributed by atoms with Gasteiger partial charge in [0.25, 0.3) is 0 Å². The van der Waals surface area contributed by atoms with Gasteiger partial charge in [-0.2, -0.15) is 0 Å². The van der Waals surface area contributed by atoms with Crippen LogP contribution in [0.4, 0.5) is 0 Å². The molecule has 0 fully saturated rings. The quantitative estimate of drug-likeness (QED) is 0.288. The summed E-state index contributed by atoms with van der Waals surface area (Å²) in [6.07, 6.45) is 0.887. The van der Waals surface area contributed by atoms with E-state index in [9.17, 15) is 0 Å². The zero-order valence-corrected chi connectivity index (χ0v) is 10.9. The van der Waals surface area contributed by atoms with E-state index in [-0.39, 0.29) is 11.1 Å². The van der Waals surface area contributed by atoms with Gasteiger partial charge in [-0.25, -0.2) is 0 Å². The van der Waals surface area contributed by atoms with Gasteiger partial charge in [0.15, 0.2) is 17.3 Å². The van der Waals surface area contributed by atoms with Crippen LogP contribution in [0.5, 0.6) is 11.5 Å². The lowest BCUT2D eigenvalue weighted by atomic mass is 10.3. The number of nitrogens with two attached hydrogens (primary N) is 1. The molecule has 18 heavy (non-hydrogen) atoms. The predicted molar refractivity (Wildman–Crippen MR) is 70.8 cm³/mol. The van der Waals surface area contributed by atoms with Crippen LogP contribution in [0, 0.1) is 0 Å². The van der Waals surface area contributed by atoms with Crippen molar-refractivity contribution in [3.05, 3.63) is 18.2 Å². The number of ether oxygens (including phenoxy) is 2. The molecule has 1 atom stereocenters. The summed E-state index contributed by atoms with van der Waals surface area (Å²) in [5.74, 6) is 1.73. The van der Waals surface area contributed by atoms with E-state index in [2.05, 4.69) is 5.16 Å². The zero-order valence-electron chi connectivity index (χ0n) is 10.1. The average molecular weight is 268 g/mol. The van der Waals surface area contributed by atoms with Gasteiger partial charge in [0.2, 0.25) is 0 Å². The van der Waals surface area contributed by atoms with Crippen molar-refractivity contribution in [3.63, 3.8) is 0 Å². The molecule has 1 unspecified atom stereocenters. The van der Waals surface area contributed by atoms with Crippen molar-refractivity contribution in [2.45, 2.75) is 23.5 Å². The molecule has 0 radical (unpaired) electrons. The van der Waals surface area contributed by atoms with E-state index in [1.165, 1.54) is 11.8 Å². The van der Waals surface area contributed by atoms with E-state index in [4.69, 9.17) is 20.4 Å². The molecule has 1 heterocycles. The molecule has 1 aromatic rings. The van der Waals surface area contributed by atoms with Crippen molar-refractivity contribution in [2.75, 3.05) is 13.2 Å². The number of hydrogen-bond donors (Lipinski definition) is 2. The van der Waals surface area contributed by atoms with Crippen LogP contribution in [0.25, 0.3) is 0 Å². The Hall–Kier alpha value is -1.56. The molecule has 0 aromatic heterocycles. The summed E-state index contributed by atoms with van der Waals surface area (Å²) >= 11 is 1.50. The van der Waals surface area contributed by atoms with Crippen LogP contribution >= 0.6 is 11.8 Å². The van der Waals surface area contributed by atoms with Crippen LogP contribution in [0.3, 0.4) is 0 Å². The Labute approximate surface area is 110 Å². The summed E-state index contributed by atoms with van der Waals surface area (Å²) in [7, 11) is 0. The van der Waals surface area contributed by atoms with Gasteiger partial charge in [-0.15, -0.1) is 11.8 Å². The van der Waals surface area contributed by atoms with Gasteiger partial charge in [-0.1, -0.05) is 5.16 Å². The number of fused-ring (bicyclic) bond motifs is 1. The number of thioether (sulfide) groups is 1. The number of hydrogen-bond acceptors (Lipinski definition) is 5. The molecule has 2 rings (SSSR count). The third-order valence-corrected chi connectivity index (χ3v) is 3.68. The standard InChI is InChI=1S/C12H16N2O3S/c1-8(12(13)14-15)18-9-3-4-10-11(7-9)17-6-2-5-16-10/h3-4,7-8,15H,2,5-6H2,1H3,(H2,13,14). The Morgan fingerprint density at radius 3 is 2.83 bits per heavy atom. The highest BCUT2D eigenvalue weighted by Crippen LogP contribution is 2.35. The molecule has 0 amide bonds. The lowest BCUT2D eigenvalue weighted by Gasteiger charge is -2.12. The summed E-state index contributed by atoms with van der Waals surface area (Å²) in [5, 5.41) is 11.5. The van der Waals surface area contributed by atoms with Gasteiger partial charge < -0.3 is 20.4 Å². The highest BCUT2D eigenvalue weighted by molar-refractivity contribution is 8.00. The van der Waals surface area contributed by atoms with E-state index in [1.54, 1.807) is 0 Å². The van der Waals surface area contributed by atoms with Crippen molar-refractivity contribution in [2.24, 2.45) is 10.9 Å². The van der Waals surface area contributed by atoms with Gasteiger partial charge in [0.1, 0.15) is 0 Å². The van der Waals surface area contributed by atoms with Crippen molar-refractivity contribution in [1.29, 1.82) is 0 Å². The van der Waals surface area contributed by atoms with Crippen molar-refractivity contribution < 1.29 is 14.7 Å². The lowest BCUT2D eigenvalue weighted by molar-refractivity contribution is 0.297. The van der Waals surface area contributed by atoms with Crippen LogP contribution in [-0.4, -0.2) is 29.5 Å². The van der Waals surface area contributed by atoms with Crippen LogP contribution in [0.1, 0.15) is 13.3 Å². The molecule has 1 aromatic carbocycles. The van der Waals surface area contributed by atoms with Gasteiger partial charge in [-0.3, -0.25) is 0 Å². The van der Waals surface area contributed by atoms with Gasteiger partial charge in [0, 0.05) is 11.3 Å². The maximum atomic E-state index is 8.62. The second kappa shape index (κ2) is 5.86. The highest BCUT2D eigenvalue weighted by atomic mass is 32.2. The largest absolute Gasteiger partial charge is 0.490 e. The Balaban J connectivity index is 2.13. The SMILES string of the molecule is CC(Sc1ccc2c(c1)OCCCO2)/C(N)=N/O. The molecule has 1 aliphatic heterocycles. The summed E-state index contributed by atoms with van der Waals surface area (Å²) in [5.41, 5.74) is 5.55. The molecule has 1 aliphatic rings. The van der Waals surface area contributed by atoms with Crippen molar-refractivity contribution in [3.8, 4) is 11.5 Å². The van der Waals surface area contributed by atoms with Crippen LogP contribution in [0.15, 0.2) is 28.3 Å². The number of oxime groups is 1. The van der Waals surface area contributed by atoms with Crippen LogP contribution in [-0.2, 0) is 0 Å². The topological polar surface area (TPSA) is 77.1 Å². The first-order chi connectivity index (χ1) is 8.70. The van der Waals surface area contributed by atoms with Crippen molar-refractivity contribution >= 4 is 17.6 Å². The summed E-state index contributed by atoms with van der Waals surface area (Å²) in [6, 6.07) is 5.76. The normalized spacial score (nSPS) is 17.1. The molecule has 0 saturated heterocycles. The van der Waals surface area contributed by atoms with Crippen LogP contribution in [0.2, 0.25) is 0 Å². The fourth-order valence-corrected chi connectivity index (χ4v) is 2.46. The van der Waals surface area contributed by atoms with Gasteiger partial charge in [-0.05, 0) is 25.1 Å². The van der Waals surface area contributed by atoms with E-state index < -0.39 is 0 Å².